The molecule has 8 nitrogen and oxygen atoms in total. The number of rotatable bonds is 4. The standard InChI is InChI=1S/C23H17ClN6O2/c1-13-9-16(11-18(24)26-13)20-21(15-4-2-3-14(10-15)12-25)28-30-8-6-19(27-22(20)30)29-7-5-17(29)23(31)32/h2-4,6,8-11,17H,5,7H2,1H3,(H,31,32). The van der Waals surface area contributed by atoms with E-state index in [0.717, 1.165) is 22.4 Å². The van der Waals surface area contributed by atoms with Gasteiger partial charge in [0.1, 0.15) is 22.7 Å². The summed E-state index contributed by atoms with van der Waals surface area (Å²) in [6.07, 6.45) is 2.35. The van der Waals surface area contributed by atoms with Crippen molar-refractivity contribution in [1.82, 2.24) is 19.6 Å². The fourth-order valence-corrected chi connectivity index (χ4v) is 4.23. The lowest BCUT2D eigenvalue weighted by Gasteiger charge is -2.38. The number of carbonyl (C=O) groups is 1. The van der Waals surface area contributed by atoms with Crippen LogP contribution < -0.4 is 4.90 Å². The van der Waals surface area contributed by atoms with Gasteiger partial charge in [0, 0.05) is 24.0 Å². The summed E-state index contributed by atoms with van der Waals surface area (Å²) in [5.74, 6) is -0.288. The number of fused-ring (bicyclic) bond motifs is 1. The number of aliphatic carboxylic acids is 1. The Hall–Kier alpha value is -3.96. The number of carboxylic acids is 1. The van der Waals surface area contributed by atoms with Crippen LogP contribution in [0.15, 0.2) is 48.7 Å². The van der Waals surface area contributed by atoms with Gasteiger partial charge in [0.2, 0.25) is 0 Å². The van der Waals surface area contributed by atoms with Gasteiger partial charge < -0.3 is 10.0 Å². The lowest BCUT2D eigenvalue weighted by atomic mass is 10.00. The predicted octanol–water partition coefficient (Wildman–Crippen LogP) is 3.96. The summed E-state index contributed by atoms with van der Waals surface area (Å²) < 4.78 is 1.66. The summed E-state index contributed by atoms with van der Waals surface area (Å²) in [6, 6.07) is 14.2. The second-order valence-corrected chi connectivity index (χ2v) is 8.01. The Labute approximate surface area is 188 Å². The van der Waals surface area contributed by atoms with E-state index in [4.69, 9.17) is 21.7 Å². The average Bonchev–Trinajstić information content (AvgIpc) is 3.11. The highest BCUT2D eigenvalue weighted by Gasteiger charge is 2.35. The number of aromatic nitrogens is 4. The first-order valence-corrected chi connectivity index (χ1v) is 10.4. The fraction of sp³-hybridized carbons (Fsp3) is 0.174. The zero-order valence-corrected chi connectivity index (χ0v) is 17.8. The zero-order valence-electron chi connectivity index (χ0n) is 17.0. The van der Waals surface area contributed by atoms with Crippen LogP contribution in [-0.2, 0) is 4.79 Å². The van der Waals surface area contributed by atoms with Crippen molar-refractivity contribution in [1.29, 1.82) is 5.26 Å². The number of nitriles is 1. The van der Waals surface area contributed by atoms with Gasteiger partial charge in [-0.2, -0.15) is 10.4 Å². The third kappa shape index (κ3) is 3.33. The van der Waals surface area contributed by atoms with E-state index in [0.29, 0.717) is 40.8 Å². The minimum absolute atomic E-state index is 0.348. The van der Waals surface area contributed by atoms with E-state index in [1.807, 2.05) is 25.1 Å². The minimum atomic E-state index is -0.864. The molecule has 158 valence electrons. The van der Waals surface area contributed by atoms with Gasteiger partial charge in [-0.05, 0) is 49.2 Å². The van der Waals surface area contributed by atoms with E-state index in [1.54, 1.807) is 39.9 Å². The van der Waals surface area contributed by atoms with Gasteiger partial charge in [-0.3, -0.25) is 0 Å². The summed E-state index contributed by atoms with van der Waals surface area (Å²) in [5, 5.41) is 23.9. The first-order valence-electron chi connectivity index (χ1n) is 9.98. The van der Waals surface area contributed by atoms with Gasteiger partial charge >= 0.3 is 5.97 Å². The van der Waals surface area contributed by atoms with Crippen LogP contribution in [0.4, 0.5) is 5.82 Å². The summed E-state index contributed by atoms with van der Waals surface area (Å²) in [7, 11) is 0. The number of pyridine rings is 1. The number of anilines is 1. The molecule has 9 heteroatoms. The number of hydrogen-bond donors (Lipinski definition) is 1. The maximum Gasteiger partial charge on any atom is 0.326 e. The number of nitrogens with zero attached hydrogens (tertiary/aromatic N) is 6. The fourth-order valence-electron chi connectivity index (χ4n) is 3.97. The van der Waals surface area contributed by atoms with E-state index < -0.39 is 12.0 Å². The number of aryl methyl sites for hydroxylation is 1. The molecule has 5 rings (SSSR count). The Bertz CT molecular complexity index is 1400. The van der Waals surface area contributed by atoms with Gasteiger partial charge in [0.25, 0.3) is 0 Å². The molecule has 1 aliphatic heterocycles. The number of halogens is 1. The molecule has 1 aliphatic rings. The molecule has 1 fully saturated rings. The Morgan fingerprint density at radius 1 is 1.22 bits per heavy atom. The number of hydrogen-bond acceptors (Lipinski definition) is 6. The normalized spacial score (nSPS) is 15.4. The van der Waals surface area contributed by atoms with Crippen molar-refractivity contribution in [2.45, 2.75) is 19.4 Å². The smallest absolute Gasteiger partial charge is 0.326 e. The molecule has 1 atom stereocenters. The molecule has 0 aliphatic carbocycles. The molecular weight excluding hydrogens is 428 g/mol. The highest BCUT2D eigenvalue weighted by Crippen LogP contribution is 2.37. The molecule has 0 spiro atoms. The zero-order chi connectivity index (χ0) is 22.4. The van der Waals surface area contributed by atoms with Crippen molar-refractivity contribution in [3.63, 3.8) is 0 Å². The summed E-state index contributed by atoms with van der Waals surface area (Å²) in [4.78, 5) is 22.3. The molecule has 0 bridgehead atoms. The molecule has 4 heterocycles. The molecular formula is C23H17ClN6O2. The minimum Gasteiger partial charge on any atom is -0.480 e. The number of benzene rings is 1. The monoisotopic (exact) mass is 444 g/mol. The van der Waals surface area contributed by atoms with Gasteiger partial charge in [-0.15, -0.1) is 0 Å². The van der Waals surface area contributed by atoms with E-state index in [-0.39, 0.29) is 0 Å². The second-order valence-electron chi connectivity index (χ2n) is 7.63. The van der Waals surface area contributed by atoms with Crippen molar-refractivity contribution >= 4 is 29.0 Å². The van der Waals surface area contributed by atoms with E-state index in [9.17, 15) is 15.2 Å². The molecule has 1 unspecified atom stereocenters. The van der Waals surface area contributed by atoms with Crippen LogP contribution >= 0.6 is 11.6 Å². The van der Waals surface area contributed by atoms with Crippen LogP contribution in [0.2, 0.25) is 5.15 Å². The number of carboxylic acid groups (broad SMARTS) is 1. The maximum atomic E-state index is 11.5. The third-order valence-electron chi connectivity index (χ3n) is 5.55. The third-order valence-corrected chi connectivity index (χ3v) is 5.74. The molecule has 1 saturated heterocycles. The maximum absolute atomic E-state index is 11.5. The van der Waals surface area contributed by atoms with Crippen LogP contribution in [0, 0.1) is 18.3 Å². The Balaban J connectivity index is 1.76. The molecule has 4 aromatic rings. The molecule has 1 aromatic carbocycles. The highest BCUT2D eigenvalue weighted by atomic mass is 35.5. The SMILES string of the molecule is Cc1cc(-c2c(-c3cccc(C#N)c3)nn3ccc(N4CCC4C(=O)O)nc23)cc(Cl)n1. The molecule has 1 N–H and O–H groups in total. The van der Waals surface area contributed by atoms with Crippen LogP contribution in [0.3, 0.4) is 0 Å². The lowest BCUT2D eigenvalue weighted by molar-refractivity contribution is -0.140. The van der Waals surface area contributed by atoms with Gasteiger partial charge in [-0.25, -0.2) is 19.3 Å². The Kier molecular flexibility index (Phi) is 4.76. The van der Waals surface area contributed by atoms with Crippen LogP contribution in [-0.4, -0.2) is 43.2 Å². The second kappa shape index (κ2) is 7.62. The van der Waals surface area contributed by atoms with Crippen molar-refractivity contribution in [3.05, 3.63) is 65.1 Å². The van der Waals surface area contributed by atoms with Gasteiger partial charge in [-0.1, -0.05) is 23.7 Å². The quantitative estimate of drug-likeness (QED) is 0.474. The molecule has 0 amide bonds. The first kappa shape index (κ1) is 20.0. The molecule has 32 heavy (non-hydrogen) atoms. The van der Waals surface area contributed by atoms with Crippen molar-refractivity contribution < 1.29 is 9.90 Å². The average molecular weight is 445 g/mol. The topological polar surface area (TPSA) is 107 Å². The lowest BCUT2D eigenvalue weighted by Crippen LogP contribution is -2.53. The van der Waals surface area contributed by atoms with Crippen molar-refractivity contribution in [2.75, 3.05) is 11.4 Å². The largest absolute Gasteiger partial charge is 0.480 e. The van der Waals surface area contributed by atoms with Crippen LogP contribution in [0.25, 0.3) is 28.0 Å². The summed E-state index contributed by atoms with van der Waals surface area (Å²) >= 11 is 6.26. The van der Waals surface area contributed by atoms with E-state index in [1.165, 1.54) is 0 Å². The highest BCUT2D eigenvalue weighted by molar-refractivity contribution is 6.29. The van der Waals surface area contributed by atoms with Gasteiger partial charge in [0.15, 0.2) is 5.65 Å². The Morgan fingerprint density at radius 2 is 2.06 bits per heavy atom. The molecule has 3 aromatic heterocycles. The van der Waals surface area contributed by atoms with Crippen LogP contribution in [0.1, 0.15) is 17.7 Å². The summed E-state index contributed by atoms with van der Waals surface area (Å²) in [5.41, 5.74) is 4.77. The molecule has 0 radical (unpaired) electrons. The van der Waals surface area contributed by atoms with Crippen LogP contribution in [0.5, 0.6) is 0 Å². The van der Waals surface area contributed by atoms with Crippen molar-refractivity contribution in [2.24, 2.45) is 0 Å². The predicted molar refractivity (Wildman–Crippen MR) is 120 cm³/mol. The van der Waals surface area contributed by atoms with E-state index in [2.05, 4.69) is 11.1 Å². The van der Waals surface area contributed by atoms with Crippen molar-refractivity contribution in [3.8, 4) is 28.5 Å². The van der Waals surface area contributed by atoms with E-state index >= 15 is 0 Å². The Morgan fingerprint density at radius 3 is 2.75 bits per heavy atom. The first-order chi connectivity index (χ1) is 15.4. The van der Waals surface area contributed by atoms with Gasteiger partial charge in [0.05, 0.1) is 17.2 Å². The molecule has 0 saturated carbocycles. The summed E-state index contributed by atoms with van der Waals surface area (Å²) in [6.45, 7) is 2.48.